The third-order valence-corrected chi connectivity index (χ3v) is 3.32. The summed E-state index contributed by atoms with van der Waals surface area (Å²) >= 11 is 0. The Labute approximate surface area is 102 Å². The summed E-state index contributed by atoms with van der Waals surface area (Å²) in [6, 6.07) is 2.16. The summed E-state index contributed by atoms with van der Waals surface area (Å²) in [6.45, 7) is 5.43. The number of carbonyl (C=O) groups excluding carboxylic acids is 1. The van der Waals surface area contributed by atoms with Crippen molar-refractivity contribution in [3.8, 4) is 6.07 Å². The molecule has 0 aliphatic carbocycles. The number of nitrogens with one attached hydrogen (secondary N) is 1. The van der Waals surface area contributed by atoms with Gasteiger partial charge in [0.05, 0.1) is 16.9 Å². The summed E-state index contributed by atoms with van der Waals surface area (Å²) in [5.74, 6) is -0.0494. The van der Waals surface area contributed by atoms with Crippen LogP contribution in [0.1, 0.15) is 26.7 Å². The molecule has 1 rings (SSSR count). The fourth-order valence-electron chi connectivity index (χ4n) is 1.81. The van der Waals surface area contributed by atoms with Crippen LogP contribution in [0.4, 0.5) is 0 Å². The highest BCUT2D eigenvalue weighted by atomic mass is 16.5. The maximum atomic E-state index is 12.2. The first-order valence-electron chi connectivity index (χ1n) is 5.93. The van der Waals surface area contributed by atoms with Gasteiger partial charge in [-0.15, -0.1) is 0 Å². The number of hydrogen-bond donors (Lipinski definition) is 2. The van der Waals surface area contributed by atoms with Gasteiger partial charge in [0.15, 0.2) is 0 Å². The van der Waals surface area contributed by atoms with Crippen molar-refractivity contribution >= 4 is 5.91 Å². The zero-order valence-electron chi connectivity index (χ0n) is 10.6. The van der Waals surface area contributed by atoms with Gasteiger partial charge < -0.3 is 15.8 Å². The van der Waals surface area contributed by atoms with Gasteiger partial charge >= 0.3 is 0 Å². The lowest BCUT2D eigenvalue weighted by Crippen LogP contribution is -2.50. The second-order valence-corrected chi connectivity index (χ2v) is 5.28. The molecule has 1 saturated heterocycles. The van der Waals surface area contributed by atoms with Crippen LogP contribution < -0.4 is 11.1 Å². The van der Waals surface area contributed by atoms with Crippen molar-refractivity contribution < 1.29 is 9.53 Å². The van der Waals surface area contributed by atoms with Crippen LogP contribution in [0.3, 0.4) is 0 Å². The maximum Gasteiger partial charge on any atom is 0.227 e. The summed E-state index contributed by atoms with van der Waals surface area (Å²) < 4.78 is 5.26. The Hall–Kier alpha value is -1.12. The molecule has 5 nitrogen and oxygen atoms in total. The average Bonchev–Trinajstić information content (AvgIpc) is 2.37. The number of carbonyl (C=O) groups is 1. The van der Waals surface area contributed by atoms with Crippen LogP contribution in [0, 0.1) is 22.2 Å². The standard InChI is InChI=1S/C12H21N3O2/c1-11(2,7-13)9-15-10(16)12(8-14)3-5-17-6-4-12/h3-6,8-9,14H2,1-2H3,(H,15,16). The molecule has 96 valence electrons. The number of hydrogen-bond acceptors (Lipinski definition) is 4. The maximum absolute atomic E-state index is 12.2. The van der Waals surface area contributed by atoms with E-state index >= 15 is 0 Å². The summed E-state index contributed by atoms with van der Waals surface area (Å²) in [5.41, 5.74) is 4.67. The van der Waals surface area contributed by atoms with Crippen LogP contribution in [-0.2, 0) is 9.53 Å². The van der Waals surface area contributed by atoms with Gasteiger partial charge in [0.2, 0.25) is 5.91 Å². The predicted octanol–water partition coefficient (Wildman–Crippen LogP) is 0.408. The van der Waals surface area contributed by atoms with Crippen LogP contribution in [-0.4, -0.2) is 32.2 Å². The molecule has 0 aromatic heterocycles. The average molecular weight is 239 g/mol. The molecule has 0 radical (unpaired) electrons. The number of nitrogens with two attached hydrogens (primary N) is 1. The summed E-state index contributed by atoms with van der Waals surface area (Å²) in [7, 11) is 0. The Morgan fingerprint density at radius 3 is 2.59 bits per heavy atom. The van der Waals surface area contributed by atoms with E-state index in [4.69, 9.17) is 15.7 Å². The van der Waals surface area contributed by atoms with Crippen molar-refractivity contribution in [1.82, 2.24) is 5.32 Å². The zero-order chi connectivity index (χ0) is 12.9. The van der Waals surface area contributed by atoms with Crippen molar-refractivity contribution in [3.63, 3.8) is 0 Å². The van der Waals surface area contributed by atoms with Gasteiger partial charge in [0, 0.05) is 26.3 Å². The van der Waals surface area contributed by atoms with Gasteiger partial charge in [0.1, 0.15) is 0 Å². The van der Waals surface area contributed by atoms with Gasteiger partial charge in [-0.1, -0.05) is 0 Å². The van der Waals surface area contributed by atoms with Crippen LogP contribution in [0.15, 0.2) is 0 Å². The Morgan fingerprint density at radius 2 is 2.12 bits per heavy atom. The van der Waals surface area contributed by atoms with Crippen LogP contribution in [0.25, 0.3) is 0 Å². The zero-order valence-corrected chi connectivity index (χ0v) is 10.6. The van der Waals surface area contributed by atoms with Gasteiger partial charge in [-0.3, -0.25) is 4.79 Å². The number of nitriles is 1. The van der Waals surface area contributed by atoms with Gasteiger partial charge in [-0.25, -0.2) is 0 Å². The van der Waals surface area contributed by atoms with E-state index in [0.29, 0.717) is 39.1 Å². The van der Waals surface area contributed by atoms with Gasteiger partial charge in [-0.2, -0.15) is 5.26 Å². The third-order valence-electron chi connectivity index (χ3n) is 3.32. The van der Waals surface area contributed by atoms with Crippen molar-refractivity contribution in [2.24, 2.45) is 16.6 Å². The first-order chi connectivity index (χ1) is 7.96. The van der Waals surface area contributed by atoms with Crippen LogP contribution in [0.2, 0.25) is 0 Å². The summed E-state index contributed by atoms with van der Waals surface area (Å²) in [5, 5.41) is 11.7. The van der Waals surface area contributed by atoms with Crippen molar-refractivity contribution in [2.45, 2.75) is 26.7 Å². The number of ether oxygens (including phenoxy) is 1. The third kappa shape index (κ3) is 3.42. The Bertz CT molecular complexity index is 314. The molecule has 0 aromatic rings. The van der Waals surface area contributed by atoms with Crippen LogP contribution in [0.5, 0.6) is 0 Å². The van der Waals surface area contributed by atoms with Gasteiger partial charge in [0.25, 0.3) is 0 Å². The summed E-state index contributed by atoms with van der Waals surface area (Å²) in [4.78, 5) is 12.2. The molecular weight excluding hydrogens is 218 g/mol. The molecule has 1 heterocycles. The molecule has 0 saturated carbocycles. The lowest BCUT2D eigenvalue weighted by molar-refractivity contribution is -0.136. The Morgan fingerprint density at radius 1 is 1.53 bits per heavy atom. The SMILES string of the molecule is CC(C)(C#N)CNC(=O)C1(CN)CCOCC1. The lowest BCUT2D eigenvalue weighted by atomic mass is 9.79. The fourth-order valence-corrected chi connectivity index (χ4v) is 1.81. The molecule has 0 atom stereocenters. The normalized spacial score (nSPS) is 19.4. The quantitative estimate of drug-likeness (QED) is 0.743. The molecule has 1 aliphatic heterocycles. The second-order valence-electron chi connectivity index (χ2n) is 5.28. The van der Waals surface area contributed by atoms with E-state index in [1.165, 1.54) is 0 Å². The molecule has 0 spiro atoms. The predicted molar refractivity (Wildman–Crippen MR) is 63.9 cm³/mol. The molecule has 17 heavy (non-hydrogen) atoms. The minimum Gasteiger partial charge on any atom is -0.381 e. The van der Waals surface area contributed by atoms with Crippen LogP contribution >= 0.6 is 0 Å². The molecule has 5 heteroatoms. The molecule has 1 fully saturated rings. The van der Waals surface area contributed by atoms with Crippen molar-refractivity contribution in [3.05, 3.63) is 0 Å². The van der Waals surface area contributed by atoms with E-state index in [1.54, 1.807) is 13.8 Å². The molecule has 0 aromatic carbocycles. The van der Waals surface area contributed by atoms with Gasteiger partial charge in [-0.05, 0) is 26.7 Å². The second kappa shape index (κ2) is 5.48. The first kappa shape index (κ1) is 13.9. The smallest absolute Gasteiger partial charge is 0.227 e. The van der Waals surface area contributed by atoms with E-state index < -0.39 is 10.8 Å². The Balaban J connectivity index is 2.59. The van der Waals surface area contributed by atoms with Crippen molar-refractivity contribution in [1.29, 1.82) is 5.26 Å². The molecule has 0 bridgehead atoms. The highest BCUT2D eigenvalue weighted by Crippen LogP contribution is 2.29. The Kier molecular flexibility index (Phi) is 4.49. The molecule has 1 amide bonds. The first-order valence-corrected chi connectivity index (χ1v) is 5.93. The lowest BCUT2D eigenvalue weighted by Gasteiger charge is -2.35. The summed E-state index contributed by atoms with van der Waals surface area (Å²) in [6.07, 6.45) is 1.31. The number of nitrogens with zero attached hydrogens (tertiary/aromatic N) is 1. The number of rotatable bonds is 4. The van der Waals surface area contributed by atoms with E-state index in [2.05, 4.69) is 11.4 Å². The molecule has 3 N–H and O–H groups in total. The minimum absolute atomic E-state index is 0.0494. The molecule has 0 unspecified atom stereocenters. The highest BCUT2D eigenvalue weighted by Gasteiger charge is 2.39. The van der Waals surface area contributed by atoms with E-state index in [9.17, 15) is 4.79 Å². The van der Waals surface area contributed by atoms with E-state index in [-0.39, 0.29) is 5.91 Å². The fraction of sp³-hybridized carbons (Fsp3) is 0.833. The largest absolute Gasteiger partial charge is 0.381 e. The highest BCUT2D eigenvalue weighted by molar-refractivity contribution is 5.83. The molecular formula is C12H21N3O2. The van der Waals surface area contributed by atoms with E-state index in [1.807, 2.05) is 0 Å². The monoisotopic (exact) mass is 239 g/mol. The minimum atomic E-state index is -0.545. The van der Waals surface area contributed by atoms with E-state index in [0.717, 1.165) is 0 Å². The topological polar surface area (TPSA) is 88.1 Å². The number of amides is 1. The molecule has 1 aliphatic rings. The van der Waals surface area contributed by atoms with Crippen molar-refractivity contribution in [2.75, 3.05) is 26.3 Å².